The lowest BCUT2D eigenvalue weighted by atomic mass is 9.72. The minimum atomic E-state index is -0.0872. The van der Waals surface area contributed by atoms with E-state index < -0.39 is 0 Å². The second-order valence-electron chi connectivity index (χ2n) is 10.5. The first-order valence-electron chi connectivity index (χ1n) is 12.5. The first-order valence-corrected chi connectivity index (χ1v) is 13.3. The van der Waals surface area contributed by atoms with Crippen LogP contribution in [0.25, 0.3) is 10.8 Å². The summed E-state index contributed by atoms with van der Waals surface area (Å²) in [5.74, 6) is 1.29. The van der Waals surface area contributed by atoms with Crippen molar-refractivity contribution in [3.05, 3.63) is 88.3 Å². The fourth-order valence-corrected chi connectivity index (χ4v) is 6.28. The predicted octanol–water partition coefficient (Wildman–Crippen LogP) is 8.06. The number of carbonyl (C=O) groups excluding carboxylic acids is 1. The van der Waals surface area contributed by atoms with E-state index in [2.05, 4.69) is 38.2 Å². The number of hydrogen-bond donors (Lipinski definition) is 1. The van der Waals surface area contributed by atoms with Crippen LogP contribution in [0.15, 0.2) is 71.7 Å². The third-order valence-corrected chi connectivity index (χ3v) is 8.32. The molecule has 1 heterocycles. The zero-order chi connectivity index (χ0) is 25.3. The minimum Gasteiger partial charge on any atom is -0.497 e. The molecule has 1 atom stereocenters. The Morgan fingerprint density at radius 1 is 1.08 bits per heavy atom. The van der Waals surface area contributed by atoms with E-state index in [0.29, 0.717) is 5.92 Å². The summed E-state index contributed by atoms with van der Waals surface area (Å²) in [7, 11) is 1.66. The third-order valence-electron chi connectivity index (χ3n) is 7.16. The summed E-state index contributed by atoms with van der Waals surface area (Å²) in [6, 6.07) is 21.9. The number of hydrogen-bond acceptors (Lipinski definition) is 4. The van der Waals surface area contributed by atoms with Gasteiger partial charge in [0.15, 0.2) is 0 Å². The van der Waals surface area contributed by atoms with Gasteiger partial charge in [-0.1, -0.05) is 69.3 Å². The summed E-state index contributed by atoms with van der Waals surface area (Å²) >= 11 is 1.66. The number of carbonyl (C=O) groups is 1. The van der Waals surface area contributed by atoms with Crippen molar-refractivity contribution in [3.8, 4) is 5.75 Å². The van der Waals surface area contributed by atoms with Crippen LogP contribution in [-0.4, -0.2) is 19.2 Å². The second kappa shape index (κ2) is 9.90. The largest absolute Gasteiger partial charge is 0.497 e. The van der Waals surface area contributed by atoms with Crippen LogP contribution < -0.4 is 10.1 Å². The lowest BCUT2D eigenvalue weighted by Gasteiger charge is -2.33. The standard InChI is InChI=1S/C31H32N2O2S/c1-31(2,3)22-15-16-25-27(18-22)36-30(32-19-20-9-7-12-23(17-20)35-4)28(25)29(34)33-26-14-8-11-21-10-5-6-13-24(21)26/h5-14,17,19,22H,15-16,18H2,1-4H3,(H,33,34). The number of nitrogens with one attached hydrogen (secondary N) is 1. The minimum absolute atomic E-state index is 0.0872. The summed E-state index contributed by atoms with van der Waals surface area (Å²) < 4.78 is 5.36. The number of nitrogens with zero attached hydrogens (tertiary/aromatic N) is 1. The monoisotopic (exact) mass is 496 g/mol. The SMILES string of the molecule is COc1cccc(C=Nc2sc3c(c2C(=O)Nc2cccc4ccccc24)CCC(C(C)(C)C)C3)c1. The molecular formula is C31H32N2O2S. The van der Waals surface area contributed by atoms with Gasteiger partial charge in [-0.05, 0) is 65.3 Å². The molecule has 0 spiro atoms. The van der Waals surface area contributed by atoms with Crippen molar-refractivity contribution >= 4 is 44.9 Å². The number of amides is 1. The van der Waals surface area contributed by atoms with Gasteiger partial charge in [0.25, 0.3) is 5.91 Å². The molecule has 1 amide bonds. The number of aliphatic imine (C=N–C) groups is 1. The van der Waals surface area contributed by atoms with Gasteiger partial charge in [0, 0.05) is 22.2 Å². The highest BCUT2D eigenvalue weighted by molar-refractivity contribution is 7.16. The van der Waals surface area contributed by atoms with Gasteiger partial charge in [0.1, 0.15) is 10.8 Å². The maximum Gasteiger partial charge on any atom is 0.259 e. The van der Waals surface area contributed by atoms with E-state index in [0.717, 1.165) is 63.2 Å². The number of rotatable bonds is 5. The smallest absolute Gasteiger partial charge is 0.259 e. The van der Waals surface area contributed by atoms with Crippen LogP contribution in [0.3, 0.4) is 0 Å². The summed E-state index contributed by atoms with van der Waals surface area (Å²) in [6.07, 6.45) is 4.81. The maximum absolute atomic E-state index is 13.8. The van der Waals surface area contributed by atoms with Crippen molar-refractivity contribution in [3.63, 3.8) is 0 Å². The highest BCUT2D eigenvalue weighted by Gasteiger charge is 2.33. The highest BCUT2D eigenvalue weighted by Crippen LogP contribution is 2.45. The second-order valence-corrected chi connectivity index (χ2v) is 11.6. The molecule has 5 rings (SSSR count). The van der Waals surface area contributed by atoms with Crippen LogP contribution in [0.2, 0.25) is 0 Å². The normalized spacial score (nSPS) is 15.7. The molecule has 0 fully saturated rings. The molecule has 1 aliphatic carbocycles. The van der Waals surface area contributed by atoms with Gasteiger partial charge < -0.3 is 10.1 Å². The van der Waals surface area contributed by atoms with Crippen molar-refractivity contribution in [1.82, 2.24) is 0 Å². The first-order chi connectivity index (χ1) is 17.3. The zero-order valence-electron chi connectivity index (χ0n) is 21.3. The van der Waals surface area contributed by atoms with Crippen LogP contribution in [0.1, 0.15) is 53.6 Å². The van der Waals surface area contributed by atoms with Gasteiger partial charge in [-0.15, -0.1) is 11.3 Å². The van der Waals surface area contributed by atoms with Gasteiger partial charge in [0.05, 0.1) is 12.7 Å². The molecule has 0 saturated heterocycles. The molecule has 4 nitrogen and oxygen atoms in total. The van der Waals surface area contributed by atoms with Crippen molar-refractivity contribution < 1.29 is 9.53 Å². The number of thiophene rings is 1. The molecule has 1 aromatic heterocycles. The van der Waals surface area contributed by atoms with Gasteiger partial charge in [-0.2, -0.15) is 0 Å². The number of ether oxygens (including phenoxy) is 1. The molecule has 36 heavy (non-hydrogen) atoms. The Labute approximate surface area is 217 Å². The van der Waals surface area contributed by atoms with Gasteiger partial charge in [-0.3, -0.25) is 4.79 Å². The first kappa shape index (κ1) is 24.3. The van der Waals surface area contributed by atoms with E-state index in [4.69, 9.17) is 9.73 Å². The lowest BCUT2D eigenvalue weighted by Crippen LogP contribution is -2.27. The van der Waals surface area contributed by atoms with Crippen LogP contribution >= 0.6 is 11.3 Å². The lowest BCUT2D eigenvalue weighted by molar-refractivity contribution is 0.102. The summed E-state index contributed by atoms with van der Waals surface area (Å²) in [5, 5.41) is 6.12. The predicted molar refractivity (Wildman–Crippen MR) is 151 cm³/mol. The Bertz CT molecular complexity index is 1440. The molecule has 3 aromatic carbocycles. The average molecular weight is 497 g/mol. The molecule has 5 heteroatoms. The van der Waals surface area contributed by atoms with Crippen LogP contribution in [0.5, 0.6) is 5.75 Å². The summed E-state index contributed by atoms with van der Waals surface area (Å²) in [6.45, 7) is 6.94. The number of methoxy groups -OCH3 is 1. The number of anilines is 1. The Balaban J connectivity index is 1.53. The molecule has 0 aliphatic heterocycles. The van der Waals surface area contributed by atoms with Crippen LogP contribution in [0.4, 0.5) is 10.7 Å². The molecule has 184 valence electrons. The van der Waals surface area contributed by atoms with Gasteiger partial charge in [0.2, 0.25) is 0 Å². The molecule has 1 aliphatic rings. The third kappa shape index (κ3) is 4.93. The Morgan fingerprint density at radius 3 is 2.67 bits per heavy atom. The molecule has 0 saturated carbocycles. The fourth-order valence-electron chi connectivity index (χ4n) is 5.01. The van der Waals surface area contributed by atoms with E-state index in [1.54, 1.807) is 18.4 Å². The highest BCUT2D eigenvalue weighted by atomic mass is 32.1. The van der Waals surface area contributed by atoms with Gasteiger partial charge in [-0.25, -0.2) is 4.99 Å². The quantitative estimate of drug-likeness (QED) is 0.284. The number of benzene rings is 3. The van der Waals surface area contributed by atoms with E-state index in [9.17, 15) is 4.79 Å². The number of fused-ring (bicyclic) bond motifs is 2. The van der Waals surface area contributed by atoms with Crippen molar-refractivity contribution in [1.29, 1.82) is 0 Å². The van der Waals surface area contributed by atoms with Crippen LogP contribution in [-0.2, 0) is 12.8 Å². The molecule has 1 N–H and O–H groups in total. The van der Waals surface area contributed by atoms with Crippen molar-refractivity contribution in [2.75, 3.05) is 12.4 Å². The summed E-state index contributed by atoms with van der Waals surface area (Å²) in [5.41, 5.74) is 3.88. The molecular weight excluding hydrogens is 464 g/mol. The Morgan fingerprint density at radius 2 is 1.86 bits per heavy atom. The van der Waals surface area contributed by atoms with Crippen LogP contribution in [0, 0.1) is 11.3 Å². The molecule has 4 aromatic rings. The molecule has 0 radical (unpaired) electrons. The average Bonchev–Trinajstić information content (AvgIpc) is 3.25. The molecule has 0 bridgehead atoms. The Kier molecular flexibility index (Phi) is 6.67. The fraction of sp³-hybridized carbons (Fsp3) is 0.290. The van der Waals surface area contributed by atoms with Gasteiger partial charge >= 0.3 is 0 Å². The van der Waals surface area contributed by atoms with Crippen molar-refractivity contribution in [2.24, 2.45) is 16.3 Å². The van der Waals surface area contributed by atoms with Crippen molar-refractivity contribution in [2.45, 2.75) is 40.0 Å². The topological polar surface area (TPSA) is 50.7 Å². The maximum atomic E-state index is 13.8. The van der Waals surface area contributed by atoms with E-state index in [1.165, 1.54) is 4.88 Å². The van der Waals surface area contributed by atoms with E-state index in [-0.39, 0.29) is 11.3 Å². The summed E-state index contributed by atoms with van der Waals surface area (Å²) in [4.78, 5) is 19.9. The molecule has 1 unspecified atom stereocenters. The Hall–Kier alpha value is -3.44. The van der Waals surface area contributed by atoms with E-state index >= 15 is 0 Å². The zero-order valence-corrected chi connectivity index (χ0v) is 22.1. The van der Waals surface area contributed by atoms with E-state index in [1.807, 2.05) is 60.8 Å².